The average molecular weight is 461 g/mol. The highest BCUT2D eigenvalue weighted by Gasteiger charge is 2.26. The predicted molar refractivity (Wildman–Crippen MR) is 124 cm³/mol. The van der Waals surface area contributed by atoms with Crippen molar-refractivity contribution in [1.29, 1.82) is 0 Å². The van der Waals surface area contributed by atoms with Crippen LogP contribution >= 0.6 is 0 Å². The predicted octanol–water partition coefficient (Wildman–Crippen LogP) is 3.49. The Morgan fingerprint density at radius 2 is 1.58 bits per heavy atom. The Kier molecular flexibility index (Phi) is 8.35. The molecule has 3 rings (SSSR count). The van der Waals surface area contributed by atoms with Crippen LogP contribution in [0.1, 0.15) is 18.1 Å². The van der Waals surface area contributed by atoms with E-state index in [9.17, 15) is 18.4 Å². The average Bonchev–Trinajstić information content (AvgIpc) is 2.77. The van der Waals surface area contributed by atoms with Crippen LogP contribution in [-0.2, 0) is 9.59 Å². The van der Waals surface area contributed by atoms with Gasteiger partial charge in [-0.15, -0.1) is 0 Å². The number of nitrogens with one attached hydrogen (secondary N) is 2. The first kappa shape index (κ1) is 24.6. The fourth-order valence-electron chi connectivity index (χ4n) is 3.83. The molecule has 1 aliphatic rings. The van der Waals surface area contributed by atoms with Crippen molar-refractivity contribution in [1.82, 2.24) is 9.80 Å². The van der Waals surface area contributed by atoms with Crippen molar-refractivity contribution in [3.8, 4) is 5.75 Å². The van der Waals surface area contributed by atoms with Gasteiger partial charge in [-0.1, -0.05) is 18.2 Å². The molecule has 1 heterocycles. The van der Waals surface area contributed by atoms with Crippen LogP contribution in [0, 0.1) is 13.8 Å². The second-order valence-electron chi connectivity index (χ2n) is 8.20. The molecular formula is C24H30F2N4O3. The quantitative estimate of drug-likeness (QED) is 0.631. The summed E-state index contributed by atoms with van der Waals surface area (Å²) in [7, 11) is 0. The molecule has 1 atom stereocenters. The minimum absolute atomic E-state index is 0.0359. The van der Waals surface area contributed by atoms with Gasteiger partial charge in [-0.25, -0.2) is 0 Å². The fourth-order valence-corrected chi connectivity index (χ4v) is 3.83. The van der Waals surface area contributed by atoms with Crippen LogP contribution in [0.25, 0.3) is 0 Å². The number of aryl methyl sites for hydroxylation is 2. The summed E-state index contributed by atoms with van der Waals surface area (Å²) < 4.78 is 28.8. The summed E-state index contributed by atoms with van der Waals surface area (Å²) in [5, 5.41) is 5.81. The van der Waals surface area contributed by atoms with Crippen LogP contribution in [0.5, 0.6) is 5.75 Å². The SMILES string of the molecule is Cc1cccc(C)c1NC(=O)CN1CCN(C(C)C(=O)Nc2ccc(OC(F)F)cc2)CC1. The maximum atomic E-state index is 12.6. The van der Waals surface area contributed by atoms with Crippen LogP contribution in [0.3, 0.4) is 0 Å². The minimum Gasteiger partial charge on any atom is -0.435 e. The zero-order valence-electron chi connectivity index (χ0n) is 19.1. The van der Waals surface area contributed by atoms with E-state index in [0.717, 1.165) is 16.8 Å². The number of hydrogen-bond donors (Lipinski definition) is 2. The molecule has 0 bridgehead atoms. The van der Waals surface area contributed by atoms with Crippen molar-refractivity contribution in [2.45, 2.75) is 33.4 Å². The first-order valence-electron chi connectivity index (χ1n) is 10.9. The molecule has 2 N–H and O–H groups in total. The zero-order valence-corrected chi connectivity index (χ0v) is 19.1. The summed E-state index contributed by atoms with van der Waals surface area (Å²) in [6, 6.07) is 11.4. The summed E-state index contributed by atoms with van der Waals surface area (Å²) in [5.74, 6) is -0.196. The number of alkyl halides is 2. The molecule has 1 unspecified atom stereocenters. The Labute approximate surface area is 192 Å². The second kappa shape index (κ2) is 11.2. The van der Waals surface area contributed by atoms with Gasteiger partial charge < -0.3 is 15.4 Å². The molecule has 7 nitrogen and oxygen atoms in total. The second-order valence-corrected chi connectivity index (χ2v) is 8.20. The van der Waals surface area contributed by atoms with Gasteiger partial charge in [0.15, 0.2) is 0 Å². The summed E-state index contributed by atoms with van der Waals surface area (Å²) in [4.78, 5) is 29.3. The lowest BCUT2D eigenvalue weighted by Crippen LogP contribution is -2.53. The zero-order chi connectivity index (χ0) is 24.0. The molecule has 2 aromatic rings. The third kappa shape index (κ3) is 6.97. The van der Waals surface area contributed by atoms with E-state index in [1.807, 2.05) is 39.0 Å². The van der Waals surface area contributed by atoms with Crippen molar-refractivity contribution >= 4 is 23.2 Å². The number of carbonyl (C=O) groups is 2. The third-order valence-corrected chi connectivity index (χ3v) is 5.79. The molecule has 2 amide bonds. The molecule has 1 aliphatic heterocycles. The smallest absolute Gasteiger partial charge is 0.387 e. The number of benzene rings is 2. The highest BCUT2D eigenvalue weighted by atomic mass is 19.3. The number of carbonyl (C=O) groups excluding carboxylic acids is 2. The first-order valence-corrected chi connectivity index (χ1v) is 10.9. The summed E-state index contributed by atoms with van der Waals surface area (Å²) in [6.07, 6.45) is 0. The number of hydrogen-bond acceptors (Lipinski definition) is 5. The normalized spacial score (nSPS) is 15.8. The molecule has 33 heavy (non-hydrogen) atoms. The largest absolute Gasteiger partial charge is 0.435 e. The van der Waals surface area contributed by atoms with Crippen molar-refractivity contribution in [3.05, 3.63) is 53.6 Å². The molecule has 0 radical (unpaired) electrons. The van der Waals surface area contributed by atoms with Crippen LogP contribution in [0.4, 0.5) is 20.2 Å². The van der Waals surface area contributed by atoms with Gasteiger partial charge in [0.05, 0.1) is 12.6 Å². The number of rotatable bonds is 8. The minimum atomic E-state index is -2.89. The van der Waals surface area contributed by atoms with E-state index in [1.165, 1.54) is 24.3 Å². The molecule has 2 aromatic carbocycles. The number of amides is 2. The highest BCUT2D eigenvalue weighted by molar-refractivity contribution is 5.95. The maximum Gasteiger partial charge on any atom is 0.387 e. The molecule has 1 fully saturated rings. The fraction of sp³-hybridized carbons (Fsp3) is 0.417. The van der Waals surface area contributed by atoms with Gasteiger partial charge in [0, 0.05) is 37.6 Å². The first-order chi connectivity index (χ1) is 15.7. The van der Waals surface area contributed by atoms with E-state index in [2.05, 4.69) is 25.2 Å². The molecule has 1 saturated heterocycles. The van der Waals surface area contributed by atoms with Crippen molar-refractivity contribution in [2.75, 3.05) is 43.4 Å². The molecule has 178 valence electrons. The number of ether oxygens (including phenoxy) is 1. The van der Waals surface area contributed by atoms with Crippen molar-refractivity contribution in [3.63, 3.8) is 0 Å². The van der Waals surface area contributed by atoms with Crippen molar-refractivity contribution < 1.29 is 23.1 Å². The van der Waals surface area contributed by atoms with E-state index < -0.39 is 6.61 Å². The molecule has 0 spiro atoms. The molecule has 0 saturated carbocycles. The van der Waals surface area contributed by atoms with Crippen molar-refractivity contribution in [2.24, 2.45) is 0 Å². The lowest BCUT2D eigenvalue weighted by Gasteiger charge is -2.37. The lowest BCUT2D eigenvalue weighted by atomic mass is 10.1. The number of para-hydroxylation sites is 1. The van der Waals surface area contributed by atoms with E-state index in [-0.39, 0.29) is 23.6 Å². The van der Waals surface area contributed by atoms with E-state index >= 15 is 0 Å². The summed E-state index contributed by atoms with van der Waals surface area (Å²) >= 11 is 0. The van der Waals surface area contributed by atoms with Crippen LogP contribution in [-0.4, -0.2) is 67.0 Å². The van der Waals surface area contributed by atoms with E-state index in [4.69, 9.17) is 0 Å². The van der Waals surface area contributed by atoms with Crippen LogP contribution in [0.2, 0.25) is 0 Å². The van der Waals surface area contributed by atoms with E-state index in [1.54, 1.807) is 0 Å². The van der Waals surface area contributed by atoms with Crippen LogP contribution < -0.4 is 15.4 Å². The monoisotopic (exact) mass is 460 g/mol. The third-order valence-electron chi connectivity index (χ3n) is 5.79. The Bertz CT molecular complexity index is 940. The molecule has 0 aliphatic carbocycles. The van der Waals surface area contributed by atoms with Gasteiger partial charge in [0.25, 0.3) is 0 Å². The number of anilines is 2. The number of nitrogens with zero attached hydrogens (tertiary/aromatic N) is 2. The summed E-state index contributed by atoms with van der Waals surface area (Å²) in [6.45, 7) is 5.86. The molecule has 0 aromatic heterocycles. The lowest BCUT2D eigenvalue weighted by molar-refractivity contribution is -0.122. The van der Waals surface area contributed by atoms with Crippen LogP contribution in [0.15, 0.2) is 42.5 Å². The molecule has 9 heteroatoms. The van der Waals surface area contributed by atoms with E-state index in [0.29, 0.717) is 38.4 Å². The standard InChI is InChI=1S/C24H30F2N4O3/c1-16-5-4-6-17(2)22(16)28-21(31)15-29-11-13-30(14-12-29)18(3)23(32)27-19-7-9-20(10-8-19)33-24(25)26/h4-10,18,24H,11-15H2,1-3H3,(H,27,32)(H,28,31). The van der Waals surface area contributed by atoms with Gasteiger partial charge in [0.1, 0.15) is 5.75 Å². The number of halogens is 2. The Hall–Kier alpha value is -3.04. The van der Waals surface area contributed by atoms with Gasteiger partial charge in [-0.2, -0.15) is 8.78 Å². The maximum absolute atomic E-state index is 12.6. The van der Waals surface area contributed by atoms with Gasteiger partial charge in [-0.05, 0) is 56.2 Å². The number of piperazine rings is 1. The topological polar surface area (TPSA) is 73.9 Å². The van der Waals surface area contributed by atoms with Gasteiger partial charge in [0.2, 0.25) is 11.8 Å². The summed E-state index contributed by atoms with van der Waals surface area (Å²) in [5.41, 5.74) is 3.43. The Balaban J connectivity index is 1.45. The van der Waals surface area contributed by atoms with Gasteiger partial charge in [-0.3, -0.25) is 19.4 Å². The Morgan fingerprint density at radius 1 is 0.970 bits per heavy atom. The Morgan fingerprint density at radius 3 is 2.15 bits per heavy atom. The van der Waals surface area contributed by atoms with Gasteiger partial charge >= 0.3 is 6.61 Å². The highest BCUT2D eigenvalue weighted by Crippen LogP contribution is 2.20. The molecular weight excluding hydrogens is 430 g/mol.